The summed E-state index contributed by atoms with van der Waals surface area (Å²) in [4.78, 5) is 36.5. The third kappa shape index (κ3) is 12.8. The lowest BCUT2D eigenvalue weighted by atomic mass is 10.0. The minimum Gasteiger partial charge on any atom is -0.361 e. The number of anilines is 4. The summed E-state index contributed by atoms with van der Waals surface area (Å²) in [6.07, 6.45) is 11.1. The van der Waals surface area contributed by atoms with Crippen LogP contribution in [0.3, 0.4) is 0 Å². The Morgan fingerprint density at radius 2 is 1.33 bits per heavy atom. The lowest BCUT2D eigenvalue weighted by Crippen LogP contribution is -2.33. The minimum absolute atomic E-state index is 0.334. The van der Waals surface area contributed by atoms with Crippen LogP contribution in [-0.4, -0.2) is 105 Å². The van der Waals surface area contributed by atoms with Crippen molar-refractivity contribution in [2.45, 2.75) is 91.5 Å². The molecule has 1 aliphatic rings. The van der Waals surface area contributed by atoms with Crippen LogP contribution < -0.4 is 9.80 Å². The van der Waals surface area contributed by atoms with Gasteiger partial charge in [0, 0.05) is 60.9 Å². The van der Waals surface area contributed by atoms with Crippen molar-refractivity contribution in [1.29, 1.82) is 0 Å². The van der Waals surface area contributed by atoms with Gasteiger partial charge in [-0.2, -0.15) is 8.75 Å². The summed E-state index contributed by atoms with van der Waals surface area (Å²) in [5.74, 6) is 2.29. The number of rotatable bonds is 17. The molecule has 0 amide bonds. The summed E-state index contributed by atoms with van der Waals surface area (Å²) >= 11 is 7.35. The number of carbonyl (C=O) groups is 1. The summed E-state index contributed by atoms with van der Waals surface area (Å²) in [6.45, 7) is 25.9. The van der Waals surface area contributed by atoms with Gasteiger partial charge in [0.2, 0.25) is 0 Å². The molecule has 6 aromatic heterocycles. The average Bonchev–Trinajstić information content (AvgIpc) is 3.99. The van der Waals surface area contributed by atoms with E-state index < -0.39 is 16.1 Å². The highest BCUT2D eigenvalue weighted by Gasteiger charge is 2.24. The second-order valence-corrected chi connectivity index (χ2v) is 32.9. The lowest BCUT2D eigenvalue weighted by Gasteiger charge is -2.30. The Kier molecular flexibility index (Phi) is 16.3. The van der Waals surface area contributed by atoms with Crippen molar-refractivity contribution in [2.24, 2.45) is 5.92 Å². The molecule has 0 spiro atoms. The van der Waals surface area contributed by atoms with Gasteiger partial charge in [-0.25, -0.2) is 19.9 Å². The Morgan fingerprint density at radius 1 is 0.817 bits per heavy atom. The number of aromatic nitrogens is 8. The van der Waals surface area contributed by atoms with E-state index in [2.05, 4.69) is 126 Å². The highest BCUT2D eigenvalue weighted by atomic mass is 127. The number of ether oxygens (including phenoxy) is 2. The maximum atomic E-state index is 11.1. The van der Waals surface area contributed by atoms with Gasteiger partial charge in [0.1, 0.15) is 36.6 Å². The average molecular weight is 1110 g/mol. The van der Waals surface area contributed by atoms with Crippen LogP contribution in [0, 0.1) is 27.2 Å². The fourth-order valence-corrected chi connectivity index (χ4v) is 10.6. The maximum Gasteiger partial charge on any atom is 0.181 e. The van der Waals surface area contributed by atoms with Gasteiger partial charge in [-0.3, -0.25) is 28.3 Å². The number of piperidine rings is 1. The first kappa shape index (κ1) is 47.0. The molecule has 7 rings (SSSR count). The summed E-state index contributed by atoms with van der Waals surface area (Å²) in [6, 6.07) is 6.19. The first-order valence-electron chi connectivity index (χ1n) is 20.3. The molecule has 7 heterocycles. The van der Waals surface area contributed by atoms with Crippen molar-refractivity contribution in [3.05, 3.63) is 67.1 Å². The highest BCUT2D eigenvalue weighted by Crippen LogP contribution is 2.34. The largest absolute Gasteiger partial charge is 0.361 e. The molecule has 324 valence electrons. The quantitative estimate of drug-likeness (QED) is 0.0283. The Labute approximate surface area is 391 Å². The molecule has 60 heavy (non-hydrogen) atoms. The zero-order valence-corrected chi connectivity index (χ0v) is 44.1. The van der Waals surface area contributed by atoms with Crippen LogP contribution in [0.2, 0.25) is 51.4 Å². The van der Waals surface area contributed by atoms with E-state index in [1.807, 2.05) is 47.9 Å². The first-order valence-corrected chi connectivity index (χ1v) is 31.4. The molecule has 0 aromatic carbocycles. The number of nitrogens with zero attached hydrogens (tertiary/aromatic N) is 11. The normalized spacial score (nSPS) is 15.1. The van der Waals surface area contributed by atoms with E-state index in [1.165, 1.54) is 35.9 Å². The number of fused-ring (bicyclic) bond motifs is 2. The number of carbonyl (C=O) groups excluding carboxylic acids is 1. The molecule has 20 heteroatoms. The predicted molar refractivity (Wildman–Crippen MR) is 266 cm³/mol. The Bertz CT molecular complexity index is 2360. The van der Waals surface area contributed by atoms with E-state index in [0.717, 1.165) is 102 Å². The Balaban J connectivity index is 0.000000205. The summed E-state index contributed by atoms with van der Waals surface area (Å²) in [5, 5.41) is 1.86. The molecular formula is C40H57I2N11O3S2Si2. The summed E-state index contributed by atoms with van der Waals surface area (Å²) in [5.41, 5.74) is 4.95. The topological polar surface area (TPSA) is 131 Å². The van der Waals surface area contributed by atoms with Gasteiger partial charge in [0.05, 0.1) is 29.5 Å². The van der Waals surface area contributed by atoms with Crippen LogP contribution in [0.4, 0.5) is 21.6 Å². The second-order valence-electron chi connectivity index (χ2n) is 17.9. The summed E-state index contributed by atoms with van der Waals surface area (Å²) in [7, 11) is -2.33. The van der Waals surface area contributed by atoms with Crippen LogP contribution >= 0.6 is 68.2 Å². The second kappa shape index (κ2) is 20.8. The molecule has 0 bridgehead atoms. The standard InChI is InChI=1S/C23H35IN6OSSi.C17H22IN5O2SSi/c1-17-7-6-8-28(13-17)15-19-11-21(32-27-19)30(16-31-9-10-33(3,4)5)23-22-25-12-20(24)29(22)14-18(2)26-23;1-12-9-22-14(18)8-19-16(22)17(20-12)23(11-25-5-6-27(2,3)4)15-7-13(10-24)21-26-15/h11-12,14,17H,6-10,13,15-16H2,1-5H3;7-10H,5-6,11H2,1-4H3. The molecule has 0 saturated carbocycles. The van der Waals surface area contributed by atoms with E-state index >= 15 is 0 Å². The maximum absolute atomic E-state index is 11.1. The fraction of sp³-hybridized carbons (Fsp3) is 0.525. The van der Waals surface area contributed by atoms with Crippen molar-refractivity contribution < 1.29 is 14.3 Å². The minimum atomic E-state index is -1.17. The number of halogens is 2. The molecule has 0 aliphatic carbocycles. The number of aldehydes is 1. The Hall–Kier alpha value is -2.46. The summed E-state index contributed by atoms with van der Waals surface area (Å²) < 4.78 is 27.4. The van der Waals surface area contributed by atoms with Gasteiger partial charge in [-0.1, -0.05) is 46.2 Å². The van der Waals surface area contributed by atoms with Gasteiger partial charge in [0.25, 0.3) is 0 Å². The van der Waals surface area contributed by atoms with Gasteiger partial charge in [-0.05, 0) is 126 Å². The van der Waals surface area contributed by atoms with Crippen molar-refractivity contribution in [1.82, 2.24) is 42.4 Å². The zero-order chi connectivity index (χ0) is 43.2. The molecule has 0 radical (unpaired) electrons. The Morgan fingerprint density at radius 3 is 1.82 bits per heavy atom. The number of hydrogen-bond acceptors (Lipinski definition) is 14. The third-order valence-corrected chi connectivity index (χ3v) is 16.6. The zero-order valence-electron chi connectivity index (χ0n) is 36.1. The van der Waals surface area contributed by atoms with E-state index in [1.54, 1.807) is 6.07 Å². The van der Waals surface area contributed by atoms with E-state index in [9.17, 15) is 4.79 Å². The molecule has 0 N–H and O–H groups in total. The van der Waals surface area contributed by atoms with Crippen molar-refractivity contribution in [3.8, 4) is 0 Å². The molecule has 1 fully saturated rings. The molecule has 1 unspecified atom stereocenters. The molecule has 6 aromatic rings. The smallest absolute Gasteiger partial charge is 0.181 e. The SMILES string of the molecule is Cc1cn2c(I)cnc2c(N(COCC[Si](C)(C)C)c2cc(C=O)ns2)n1.Cc1cn2c(I)cnc2c(N(COCC[Si](C)(C)C)c2cc(CN3CCCC(C)C3)ns2)n1. The van der Waals surface area contributed by atoms with Crippen LogP contribution in [0.25, 0.3) is 11.3 Å². The van der Waals surface area contributed by atoms with Crippen molar-refractivity contribution in [2.75, 3.05) is 49.6 Å². The van der Waals surface area contributed by atoms with E-state index in [4.69, 9.17) is 23.8 Å². The van der Waals surface area contributed by atoms with Gasteiger partial charge < -0.3 is 9.47 Å². The first-order chi connectivity index (χ1) is 28.5. The van der Waals surface area contributed by atoms with Gasteiger partial charge >= 0.3 is 0 Å². The van der Waals surface area contributed by atoms with E-state index in [0.29, 0.717) is 31.6 Å². The third-order valence-electron chi connectivity index (χ3n) is 9.89. The monoisotopic (exact) mass is 1110 g/mol. The lowest BCUT2D eigenvalue weighted by molar-refractivity contribution is 0.112. The molecule has 14 nitrogen and oxygen atoms in total. The van der Waals surface area contributed by atoms with Crippen molar-refractivity contribution >= 4 is 124 Å². The van der Waals surface area contributed by atoms with Crippen LogP contribution in [-0.2, 0) is 16.0 Å². The molecule has 1 atom stereocenters. The van der Waals surface area contributed by atoms with E-state index in [-0.39, 0.29) is 0 Å². The van der Waals surface area contributed by atoms with Gasteiger partial charge in [-0.15, -0.1) is 0 Å². The number of hydrogen-bond donors (Lipinski definition) is 0. The van der Waals surface area contributed by atoms with Crippen LogP contribution in [0.5, 0.6) is 0 Å². The van der Waals surface area contributed by atoms with Crippen LogP contribution in [0.1, 0.15) is 47.3 Å². The highest BCUT2D eigenvalue weighted by molar-refractivity contribution is 14.1. The van der Waals surface area contributed by atoms with Crippen LogP contribution in [0.15, 0.2) is 36.9 Å². The number of aryl methyl sites for hydroxylation is 2. The number of imidazole rings is 2. The molecule has 1 aliphatic heterocycles. The number of likely N-dealkylation sites (tertiary alicyclic amines) is 1. The molecular weight excluding hydrogens is 1060 g/mol. The predicted octanol–water partition coefficient (Wildman–Crippen LogP) is 10.1. The van der Waals surface area contributed by atoms with Gasteiger partial charge in [0.15, 0.2) is 29.2 Å². The van der Waals surface area contributed by atoms with Crippen molar-refractivity contribution in [3.63, 3.8) is 0 Å². The molecule has 1 saturated heterocycles. The fourth-order valence-electron chi connectivity index (χ4n) is 6.63.